The molecule has 1 aliphatic rings. The van der Waals surface area contributed by atoms with Gasteiger partial charge in [-0.1, -0.05) is 17.7 Å². The highest BCUT2D eigenvalue weighted by Gasteiger charge is 2.24. The minimum atomic E-state index is -3.39. The van der Waals surface area contributed by atoms with E-state index in [1.165, 1.54) is 0 Å². The van der Waals surface area contributed by atoms with Crippen LogP contribution in [0.2, 0.25) is 0 Å². The van der Waals surface area contributed by atoms with E-state index in [1.807, 2.05) is 13.8 Å². The topological polar surface area (TPSA) is 66.5 Å². The fraction of sp³-hybridized carbons (Fsp3) is 0.533. The number of aryl methyl sites for hydroxylation is 1. The molecule has 0 radical (unpaired) electrons. The summed E-state index contributed by atoms with van der Waals surface area (Å²) in [6.07, 6.45) is 0.0422. The highest BCUT2D eigenvalue weighted by Crippen LogP contribution is 2.14. The second-order valence-corrected chi connectivity index (χ2v) is 7.63. The van der Waals surface area contributed by atoms with Crippen molar-refractivity contribution < 1.29 is 13.2 Å². The van der Waals surface area contributed by atoms with Crippen molar-refractivity contribution in [1.29, 1.82) is 0 Å². The predicted molar refractivity (Wildman–Crippen MR) is 81.9 cm³/mol. The summed E-state index contributed by atoms with van der Waals surface area (Å²) in [5.41, 5.74) is 1.01. The lowest BCUT2D eigenvalue weighted by atomic mass is 10.2. The van der Waals surface area contributed by atoms with E-state index in [1.54, 1.807) is 29.2 Å². The Labute approximate surface area is 126 Å². The SMILES string of the molecule is Cc1ccc(S(=O)(=O)CCC(=O)N2CCNC[C@H]2C)cc1. The largest absolute Gasteiger partial charge is 0.337 e. The molecule has 6 heteroatoms. The molecule has 1 atom stereocenters. The molecule has 2 rings (SSSR count). The summed E-state index contributed by atoms with van der Waals surface area (Å²) >= 11 is 0. The van der Waals surface area contributed by atoms with Crippen molar-refractivity contribution in [3.8, 4) is 0 Å². The zero-order valence-corrected chi connectivity index (χ0v) is 13.3. The first-order valence-electron chi connectivity index (χ1n) is 7.20. The van der Waals surface area contributed by atoms with Crippen molar-refractivity contribution in [3.05, 3.63) is 29.8 Å². The third-order valence-corrected chi connectivity index (χ3v) is 5.52. The Morgan fingerprint density at radius 1 is 1.33 bits per heavy atom. The first-order chi connectivity index (χ1) is 9.90. The lowest BCUT2D eigenvalue weighted by Gasteiger charge is -2.34. The smallest absolute Gasteiger partial charge is 0.223 e. The molecular weight excluding hydrogens is 288 g/mol. The lowest BCUT2D eigenvalue weighted by Crippen LogP contribution is -2.52. The lowest BCUT2D eigenvalue weighted by molar-refractivity contribution is -0.133. The second-order valence-electron chi connectivity index (χ2n) is 5.52. The van der Waals surface area contributed by atoms with Crippen LogP contribution in [0.1, 0.15) is 18.9 Å². The fourth-order valence-electron chi connectivity index (χ4n) is 2.44. The summed E-state index contributed by atoms with van der Waals surface area (Å²) in [5, 5.41) is 3.21. The number of rotatable bonds is 4. The minimum Gasteiger partial charge on any atom is -0.337 e. The van der Waals surface area contributed by atoms with Gasteiger partial charge >= 0.3 is 0 Å². The fourth-order valence-corrected chi connectivity index (χ4v) is 3.67. The molecule has 0 aliphatic carbocycles. The Balaban J connectivity index is 1.98. The number of carbonyl (C=O) groups is 1. The van der Waals surface area contributed by atoms with E-state index in [2.05, 4.69) is 5.32 Å². The van der Waals surface area contributed by atoms with Crippen LogP contribution in [0.4, 0.5) is 0 Å². The van der Waals surface area contributed by atoms with Crippen LogP contribution >= 0.6 is 0 Å². The van der Waals surface area contributed by atoms with Crippen LogP contribution in [0.5, 0.6) is 0 Å². The Kier molecular flexibility index (Phi) is 5.00. The van der Waals surface area contributed by atoms with E-state index in [0.717, 1.165) is 18.7 Å². The average Bonchev–Trinajstić information content (AvgIpc) is 2.46. The molecule has 21 heavy (non-hydrogen) atoms. The van der Waals surface area contributed by atoms with Gasteiger partial charge in [0.05, 0.1) is 10.6 Å². The van der Waals surface area contributed by atoms with Crippen molar-refractivity contribution in [1.82, 2.24) is 10.2 Å². The summed E-state index contributed by atoms with van der Waals surface area (Å²) in [6.45, 7) is 6.05. The van der Waals surface area contributed by atoms with Crippen LogP contribution < -0.4 is 5.32 Å². The monoisotopic (exact) mass is 310 g/mol. The Morgan fingerprint density at radius 2 is 2.00 bits per heavy atom. The molecule has 1 heterocycles. The Hall–Kier alpha value is -1.40. The number of nitrogens with one attached hydrogen (secondary N) is 1. The van der Waals surface area contributed by atoms with Crippen LogP contribution in [0.3, 0.4) is 0 Å². The van der Waals surface area contributed by atoms with Crippen LogP contribution in [-0.4, -0.2) is 50.7 Å². The predicted octanol–water partition coefficient (Wildman–Crippen LogP) is 0.979. The quantitative estimate of drug-likeness (QED) is 0.900. The van der Waals surface area contributed by atoms with E-state index in [9.17, 15) is 13.2 Å². The number of carbonyl (C=O) groups excluding carboxylic acids is 1. The third kappa shape index (κ3) is 4.04. The third-order valence-electron chi connectivity index (χ3n) is 3.79. The molecule has 0 unspecified atom stereocenters. The normalized spacial score (nSPS) is 19.5. The van der Waals surface area contributed by atoms with Crippen LogP contribution in [0.15, 0.2) is 29.2 Å². The molecule has 0 spiro atoms. The van der Waals surface area contributed by atoms with Crippen molar-refractivity contribution >= 4 is 15.7 Å². The number of amides is 1. The molecule has 1 aromatic carbocycles. The van der Waals surface area contributed by atoms with E-state index in [4.69, 9.17) is 0 Å². The minimum absolute atomic E-state index is 0.0422. The molecular formula is C15H22N2O3S. The highest BCUT2D eigenvalue weighted by molar-refractivity contribution is 7.91. The molecule has 1 aromatic rings. The van der Waals surface area contributed by atoms with Crippen molar-refractivity contribution in [2.24, 2.45) is 0 Å². The number of hydrogen-bond donors (Lipinski definition) is 1. The number of nitrogens with zero attached hydrogens (tertiary/aromatic N) is 1. The standard InChI is InChI=1S/C15H22N2O3S/c1-12-3-5-14(6-4-12)21(19,20)10-7-15(18)17-9-8-16-11-13(17)2/h3-6,13,16H,7-11H2,1-2H3/t13-/m1/s1. The zero-order valence-electron chi connectivity index (χ0n) is 12.5. The van der Waals surface area contributed by atoms with Gasteiger partial charge in [0.2, 0.25) is 5.91 Å². The number of hydrogen-bond acceptors (Lipinski definition) is 4. The van der Waals surface area contributed by atoms with Gasteiger partial charge in [-0.2, -0.15) is 0 Å². The van der Waals surface area contributed by atoms with Crippen LogP contribution in [-0.2, 0) is 14.6 Å². The van der Waals surface area contributed by atoms with Crippen LogP contribution in [0, 0.1) is 6.92 Å². The molecule has 1 N–H and O–H groups in total. The van der Waals surface area contributed by atoms with Crippen molar-refractivity contribution in [2.45, 2.75) is 31.2 Å². The van der Waals surface area contributed by atoms with Gasteiger partial charge in [0.25, 0.3) is 0 Å². The Bertz CT molecular complexity index is 596. The maximum absolute atomic E-state index is 12.2. The maximum atomic E-state index is 12.2. The van der Waals surface area contributed by atoms with Gasteiger partial charge in [-0.3, -0.25) is 4.79 Å². The molecule has 1 saturated heterocycles. The number of benzene rings is 1. The molecule has 0 saturated carbocycles. The molecule has 1 aliphatic heterocycles. The van der Waals surface area contributed by atoms with Gasteiger partial charge in [0.15, 0.2) is 9.84 Å². The van der Waals surface area contributed by atoms with Gasteiger partial charge in [-0.15, -0.1) is 0 Å². The van der Waals surface area contributed by atoms with Gasteiger partial charge in [0.1, 0.15) is 0 Å². The molecule has 116 valence electrons. The van der Waals surface area contributed by atoms with Gasteiger partial charge in [-0.25, -0.2) is 8.42 Å². The summed E-state index contributed by atoms with van der Waals surface area (Å²) in [5.74, 6) is -0.217. The summed E-state index contributed by atoms with van der Waals surface area (Å²) in [7, 11) is -3.39. The van der Waals surface area contributed by atoms with E-state index >= 15 is 0 Å². The van der Waals surface area contributed by atoms with E-state index in [0.29, 0.717) is 6.54 Å². The number of sulfone groups is 1. The van der Waals surface area contributed by atoms with Crippen LogP contribution in [0.25, 0.3) is 0 Å². The van der Waals surface area contributed by atoms with Gasteiger partial charge < -0.3 is 10.2 Å². The first kappa shape index (κ1) is 16.0. The molecule has 0 bridgehead atoms. The van der Waals surface area contributed by atoms with Gasteiger partial charge in [-0.05, 0) is 26.0 Å². The molecule has 1 amide bonds. The average molecular weight is 310 g/mol. The number of piperazine rings is 1. The van der Waals surface area contributed by atoms with Crippen molar-refractivity contribution in [2.75, 3.05) is 25.4 Å². The van der Waals surface area contributed by atoms with E-state index < -0.39 is 9.84 Å². The zero-order chi connectivity index (χ0) is 15.5. The summed E-state index contributed by atoms with van der Waals surface area (Å²) < 4.78 is 24.5. The first-order valence-corrected chi connectivity index (χ1v) is 8.85. The van der Waals surface area contributed by atoms with Crippen molar-refractivity contribution in [3.63, 3.8) is 0 Å². The molecule has 5 nitrogen and oxygen atoms in total. The molecule has 1 fully saturated rings. The molecule has 0 aromatic heterocycles. The van der Waals surface area contributed by atoms with Gasteiger partial charge in [0, 0.05) is 32.1 Å². The van der Waals surface area contributed by atoms with E-state index in [-0.39, 0.29) is 29.0 Å². The maximum Gasteiger partial charge on any atom is 0.223 e. The second kappa shape index (κ2) is 6.58. The highest BCUT2D eigenvalue weighted by atomic mass is 32.2. The Morgan fingerprint density at radius 3 is 2.62 bits per heavy atom. The summed E-state index contributed by atoms with van der Waals surface area (Å²) in [6, 6.07) is 6.86. The summed E-state index contributed by atoms with van der Waals surface area (Å²) in [4.78, 5) is 14.2.